The third-order valence-corrected chi connectivity index (χ3v) is 4.13. The molecule has 0 bridgehead atoms. The van der Waals surface area contributed by atoms with E-state index in [1.807, 2.05) is 0 Å². The van der Waals surface area contributed by atoms with Gasteiger partial charge in [-0.25, -0.2) is 0 Å². The molecule has 2 aliphatic heterocycles. The zero-order valence-corrected chi connectivity index (χ0v) is 10.4. The number of hydrogen-bond donors (Lipinski definition) is 1. The van der Waals surface area contributed by atoms with Crippen LogP contribution in [0.5, 0.6) is 0 Å². The van der Waals surface area contributed by atoms with Gasteiger partial charge in [-0.15, -0.1) is 0 Å². The van der Waals surface area contributed by atoms with Crippen LogP contribution in [0.25, 0.3) is 0 Å². The van der Waals surface area contributed by atoms with Crippen molar-refractivity contribution in [3.05, 3.63) is 0 Å². The molecule has 0 aromatic heterocycles. The van der Waals surface area contributed by atoms with Gasteiger partial charge in [0, 0.05) is 25.7 Å². The van der Waals surface area contributed by atoms with Crippen molar-refractivity contribution in [2.75, 3.05) is 19.8 Å². The monoisotopic (exact) mass is 227 g/mol. The first-order chi connectivity index (χ1) is 7.74. The Morgan fingerprint density at radius 3 is 3.00 bits per heavy atom. The van der Waals surface area contributed by atoms with Gasteiger partial charge in [-0.05, 0) is 38.0 Å². The molecule has 2 saturated heterocycles. The molecular formula is C13H25NO2. The molecule has 3 atom stereocenters. The molecule has 0 saturated carbocycles. The predicted octanol–water partition coefficient (Wildman–Crippen LogP) is 2.09. The fourth-order valence-corrected chi connectivity index (χ4v) is 2.89. The van der Waals surface area contributed by atoms with Crippen LogP contribution in [-0.2, 0) is 9.47 Å². The molecule has 2 fully saturated rings. The Morgan fingerprint density at radius 2 is 2.31 bits per heavy atom. The topological polar surface area (TPSA) is 44.5 Å². The van der Waals surface area contributed by atoms with E-state index in [9.17, 15) is 0 Å². The van der Waals surface area contributed by atoms with Gasteiger partial charge in [0.25, 0.3) is 0 Å². The predicted molar refractivity (Wildman–Crippen MR) is 64.3 cm³/mol. The smallest absolute Gasteiger partial charge is 0.0939 e. The van der Waals surface area contributed by atoms with E-state index in [-0.39, 0.29) is 5.60 Å². The fourth-order valence-electron chi connectivity index (χ4n) is 2.89. The third-order valence-electron chi connectivity index (χ3n) is 4.13. The Balaban J connectivity index is 1.78. The Labute approximate surface area is 98.7 Å². The van der Waals surface area contributed by atoms with E-state index in [2.05, 4.69) is 6.92 Å². The number of ether oxygens (including phenoxy) is 2. The minimum absolute atomic E-state index is 0.0687. The van der Waals surface area contributed by atoms with Gasteiger partial charge >= 0.3 is 0 Å². The number of nitrogens with two attached hydrogens (primary N) is 1. The van der Waals surface area contributed by atoms with Gasteiger partial charge in [-0.1, -0.05) is 6.92 Å². The van der Waals surface area contributed by atoms with E-state index >= 15 is 0 Å². The first-order valence-corrected chi connectivity index (χ1v) is 6.71. The second-order valence-corrected chi connectivity index (χ2v) is 5.44. The minimum atomic E-state index is 0.0687. The van der Waals surface area contributed by atoms with E-state index in [0.717, 1.165) is 45.0 Å². The van der Waals surface area contributed by atoms with Gasteiger partial charge in [-0.3, -0.25) is 0 Å². The van der Waals surface area contributed by atoms with Crippen LogP contribution in [0.1, 0.15) is 45.4 Å². The standard InChI is InChI=1S/C13H25NO2/c1-2-12(14)4-3-11-5-7-16-13(9-11)6-8-15-10-13/h11-12H,2-10,14H2,1H3. The molecule has 2 rings (SSSR count). The van der Waals surface area contributed by atoms with Crippen LogP contribution in [0.3, 0.4) is 0 Å². The van der Waals surface area contributed by atoms with Crippen LogP contribution in [0, 0.1) is 5.92 Å². The molecular weight excluding hydrogens is 202 g/mol. The van der Waals surface area contributed by atoms with Crippen molar-refractivity contribution in [2.24, 2.45) is 11.7 Å². The van der Waals surface area contributed by atoms with Crippen molar-refractivity contribution in [2.45, 2.75) is 57.1 Å². The summed E-state index contributed by atoms with van der Waals surface area (Å²) in [5, 5.41) is 0. The molecule has 2 heterocycles. The number of rotatable bonds is 4. The summed E-state index contributed by atoms with van der Waals surface area (Å²) in [7, 11) is 0. The Kier molecular flexibility index (Phi) is 4.22. The number of hydrogen-bond acceptors (Lipinski definition) is 3. The summed E-state index contributed by atoms with van der Waals surface area (Å²) in [5.74, 6) is 0.799. The van der Waals surface area contributed by atoms with Gasteiger partial charge in [-0.2, -0.15) is 0 Å². The summed E-state index contributed by atoms with van der Waals surface area (Å²) in [4.78, 5) is 0. The highest BCUT2D eigenvalue weighted by atomic mass is 16.6. The van der Waals surface area contributed by atoms with Crippen molar-refractivity contribution in [1.82, 2.24) is 0 Å². The zero-order valence-electron chi connectivity index (χ0n) is 10.4. The summed E-state index contributed by atoms with van der Waals surface area (Å²) >= 11 is 0. The molecule has 0 aromatic rings. The second kappa shape index (κ2) is 5.48. The quantitative estimate of drug-likeness (QED) is 0.800. The summed E-state index contributed by atoms with van der Waals surface area (Å²) in [5.41, 5.74) is 6.05. The highest BCUT2D eigenvalue weighted by Crippen LogP contribution is 2.37. The molecule has 1 spiro atoms. The van der Waals surface area contributed by atoms with Crippen molar-refractivity contribution >= 4 is 0 Å². The van der Waals surface area contributed by atoms with Crippen LogP contribution < -0.4 is 5.73 Å². The molecule has 94 valence electrons. The Bertz CT molecular complexity index is 214. The molecule has 2 N–H and O–H groups in total. The molecule has 0 aliphatic carbocycles. The van der Waals surface area contributed by atoms with Gasteiger partial charge in [0.05, 0.1) is 12.2 Å². The van der Waals surface area contributed by atoms with Crippen LogP contribution in [0.15, 0.2) is 0 Å². The maximum Gasteiger partial charge on any atom is 0.0939 e. The average molecular weight is 227 g/mol. The largest absolute Gasteiger partial charge is 0.378 e. The molecule has 0 radical (unpaired) electrons. The molecule has 3 nitrogen and oxygen atoms in total. The summed E-state index contributed by atoms with van der Waals surface area (Å²) in [6.07, 6.45) is 7.00. The maximum absolute atomic E-state index is 5.98. The van der Waals surface area contributed by atoms with E-state index in [1.165, 1.54) is 19.3 Å². The Morgan fingerprint density at radius 1 is 1.44 bits per heavy atom. The van der Waals surface area contributed by atoms with Crippen molar-refractivity contribution < 1.29 is 9.47 Å². The molecule has 0 aromatic carbocycles. The van der Waals surface area contributed by atoms with E-state index in [1.54, 1.807) is 0 Å². The first-order valence-electron chi connectivity index (χ1n) is 6.71. The second-order valence-electron chi connectivity index (χ2n) is 5.44. The summed E-state index contributed by atoms with van der Waals surface area (Å²) in [6.45, 7) is 4.76. The lowest BCUT2D eigenvalue weighted by Gasteiger charge is -2.37. The van der Waals surface area contributed by atoms with Crippen molar-refractivity contribution in [3.8, 4) is 0 Å². The zero-order chi connectivity index (χ0) is 11.4. The maximum atomic E-state index is 5.98. The van der Waals surface area contributed by atoms with E-state index < -0.39 is 0 Å². The fraction of sp³-hybridized carbons (Fsp3) is 1.00. The lowest BCUT2D eigenvalue weighted by atomic mass is 9.82. The molecule has 2 aliphatic rings. The minimum Gasteiger partial charge on any atom is -0.378 e. The first kappa shape index (κ1) is 12.3. The normalized spacial score (nSPS) is 36.8. The molecule has 16 heavy (non-hydrogen) atoms. The van der Waals surface area contributed by atoms with Crippen LogP contribution in [0.4, 0.5) is 0 Å². The van der Waals surface area contributed by atoms with Crippen LogP contribution >= 0.6 is 0 Å². The van der Waals surface area contributed by atoms with Crippen LogP contribution in [0.2, 0.25) is 0 Å². The summed E-state index contributed by atoms with van der Waals surface area (Å²) in [6, 6.07) is 0.388. The van der Waals surface area contributed by atoms with Crippen LogP contribution in [-0.4, -0.2) is 31.5 Å². The highest BCUT2D eigenvalue weighted by molar-refractivity contribution is 4.90. The molecule has 0 amide bonds. The molecule has 3 unspecified atom stereocenters. The Hall–Kier alpha value is -0.120. The van der Waals surface area contributed by atoms with E-state index in [4.69, 9.17) is 15.2 Å². The summed E-state index contributed by atoms with van der Waals surface area (Å²) < 4.78 is 11.4. The van der Waals surface area contributed by atoms with E-state index in [0.29, 0.717) is 6.04 Å². The third kappa shape index (κ3) is 2.96. The van der Waals surface area contributed by atoms with Crippen molar-refractivity contribution in [1.29, 1.82) is 0 Å². The van der Waals surface area contributed by atoms with Gasteiger partial charge in [0.15, 0.2) is 0 Å². The van der Waals surface area contributed by atoms with Gasteiger partial charge in [0.1, 0.15) is 0 Å². The SMILES string of the molecule is CCC(N)CCC1CCOC2(CCOC2)C1. The highest BCUT2D eigenvalue weighted by Gasteiger charge is 2.40. The lowest BCUT2D eigenvalue weighted by molar-refractivity contribution is -0.0991. The molecule has 3 heteroatoms. The average Bonchev–Trinajstić information content (AvgIpc) is 2.74. The van der Waals surface area contributed by atoms with Gasteiger partial charge in [0.2, 0.25) is 0 Å². The van der Waals surface area contributed by atoms with Crippen molar-refractivity contribution in [3.63, 3.8) is 0 Å². The lowest BCUT2D eigenvalue weighted by Crippen LogP contribution is -2.40. The van der Waals surface area contributed by atoms with Gasteiger partial charge < -0.3 is 15.2 Å².